The number of anilines is 1. The van der Waals surface area contributed by atoms with E-state index >= 15 is 0 Å². The van der Waals surface area contributed by atoms with Crippen molar-refractivity contribution in [3.05, 3.63) is 83.6 Å². The number of nitrogens with zero attached hydrogens (tertiary/aromatic N) is 3. The van der Waals surface area contributed by atoms with E-state index in [1.807, 2.05) is 6.92 Å². The van der Waals surface area contributed by atoms with E-state index in [-0.39, 0.29) is 22.8 Å². The number of furan rings is 1. The molecule has 13 heteroatoms. The van der Waals surface area contributed by atoms with Crippen molar-refractivity contribution in [2.45, 2.75) is 31.1 Å². The second kappa shape index (κ2) is 9.20. The second-order valence-electron chi connectivity index (χ2n) is 7.77. The van der Waals surface area contributed by atoms with Crippen LogP contribution in [-0.4, -0.2) is 11.6 Å². The smallest absolute Gasteiger partial charge is 0.449 e. The van der Waals surface area contributed by atoms with Gasteiger partial charge in [-0.2, -0.15) is 17.7 Å². The molecule has 3 aromatic heterocycles. The quantitative estimate of drug-likeness (QED) is 0.276. The first-order valence-corrected chi connectivity index (χ1v) is 13.1. The fourth-order valence-corrected chi connectivity index (χ4v) is 7.12. The Morgan fingerprint density at radius 2 is 1.94 bits per heavy atom. The molecule has 1 aliphatic heterocycles. The van der Waals surface area contributed by atoms with Crippen molar-refractivity contribution in [1.82, 2.24) is 4.57 Å². The number of hydrogen-bond acceptors (Lipinski definition) is 6. The largest absolute Gasteiger partial charge is 0.450 e. The molecule has 0 N–H and O–H groups in total. The van der Waals surface area contributed by atoms with Crippen LogP contribution in [-0.2, 0) is 19.3 Å². The van der Waals surface area contributed by atoms with Crippen molar-refractivity contribution in [2.24, 2.45) is 0 Å². The van der Waals surface area contributed by atoms with Gasteiger partial charge in [-0.25, -0.2) is 8.78 Å². The minimum atomic E-state index is -4.56. The van der Waals surface area contributed by atoms with Crippen LogP contribution in [0.2, 0.25) is 0 Å². The Kier molecular flexibility index (Phi) is 6.33. The van der Waals surface area contributed by atoms with Crippen LogP contribution in [0.15, 0.2) is 49.9 Å². The van der Waals surface area contributed by atoms with Crippen molar-refractivity contribution < 1.29 is 30.9 Å². The summed E-state index contributed by atoms with van der Waals surface area (Å²) < 4.78 is 76.0. The van der Waals surface area contributed by atoms with Gasteiger partial charge >= 0.3 is 6.18 Å². The first-order valence-electron chi connectivity index (χ1n) is 10.6. The number of hydrogen-bond donors (Lipinski definition) is 0. The summed E-state index contributed by atoms with van der Waals surface area (Å²) in [5.41, 5.74) is 0.212. The summed E-state index contributed by atoms with van der Waals surface area (Å²) >= 11 is 3.58. The highest BCUT2D eigenvalue weighted by atomic mass is 32.2. The van der Waals surface area contributed by atoms with Crippen molar-refractivity contribution >= 4 is 51.2 Å². The zero-order chi connectivity index (χ0) is 25.8. The van der Waals surface area contributed by atoms with Crippen molar-refractivity contribution in [1.29, 1.82) is 0 Å². The lowest BCUT2D eigenvalue weighted by atomic mass is 10.3. The maximum atomic E-state index is 14.4. The van der Waals surface area contributed by atoms with E-state index in [1.165, 1.54) is 34.8 Å². The van der Waals surface area contributed by atoms with Gasteiger partial charge in [0.2, 0.25) is 12.3 Å². The van der Waals surface area contributed by atoms with Crippen LogP contribution >= 0.6 is 34.4 Å². The van der Waals surface area contributed by atoms with Crippen molar-refractivity contribution in [3.63, 3.8) is 0 Å². The Balaban J connectivity index is 1.57. The van der Waals surface area contributed by atoms with Crippen LogP contribution in [0, 0.1) is 11.6 Å². The molecule has 4 aromatic rings. The molecule has 0 fully saturated rings. The summed E-state index contributed by atoms with van der Waals surface area (Å²) in [6.07, 6.45) is -1.06. The summed E-state index contributed by atoms with van der Waals surface area (Å²) in [5, 5.41) is 2.98. The molecule has 0 amide bonds. The van der Waals surface area contributed by atoms with Crippen molar-refractivity contribution in [3.8, 4) is 0 Å². The highest BCUT2D eigenvalue weighted by Crippen LogP contribution is 2.47. The first-order chi connectivity index (χ1) is 17.1. The predicted molar refractivity (Wildman–Crippen MR) is 128 cm³/mol. The highest BCUT2D eigenvalue weighted by molar-refractivity contribution is 8.08. The highest BCUT2D eigenvalue weighted by Gasteiger charge is 2.35. The zero-order valence-corrected chi connectivity index (χ0v) is 21.2. The summed E-state index contributed by atoms with van der Waals surface area (Å²) in [6.45, 7) is 2.27. The number of thiazole rings is 2. The molecule has 188 valence electrons. The average Bonchev–Trinajstić information content (AvgIpc) is 3.59. The van der Waals surface area contributed by atoms with Gasteiger partial charge < -0.3 is 9.32 Å². The summed E-state index contributed by atoms with van der Waals surface area (Å²) in [4.78, 5) is 15.1. The number of halogens is 5. The first kappa shape index (κ1) is 24.8. The lowest BCUT2D eigenvalue weighted by Gasteiger charge is -2.12. The van der Waals surface area contributed by atoms with Gasteiger partial charge in [0.25, 0.3) is 10.6 Å². The molecule has 36 heavy (non-hydrogen) atoms. The van der Waals surface area contributed by atoms with E-state index in [9.17, 15) is 26.7 Å². The van der Waals surface area contributed by atoms with Crippen LogP contribution in [0.4, 0.5) is 27.6 Å². The van der Waals surface area contributed by atoms with Gasteiger partial charge in [-0.15, -0.1) is 11.3 Å². The van der Waals surface area contributed by atoms with E-state index in [0.29, 0.717) is 31.5 Å². The minimum absolute atomic E-state index is 0.0795. The van der Waals surface area contributed by atoms with Crippen LogP contribution < -0.4 is 24.2 Å². The van der Waals surface area contributed by atoms with Gasteiger partial charge in [0.15, 0.2) is 23.6 Å². The van der Waals surface area contributed by atoms with Crippen LogP contribution in [0.1, 0.15) is 23.5 Å². The van der Waals surface area contributed by atoms with E-state index in [2.05, 4.69) is 0 Å². The molecule has 0 unspecified atom stereocenters. The van der Waals surface area contributed by atoms with E-state index in [4.69, 9.17) is 4.42 Å². The zero-order valence-electron chi connectivity index (χ0n) is 18.7. The fourth-order valence-electron chi connectivity index (χ4n) is 3.78. The topological polar surface area (TPSA) is 42.3 Å². The molecular formula is C23H17F5N3O2S3+. The molecule has 5 rings (SSSR count). The number of benzene rings is 1. The second-order valence-corrected chi connectivity index (χ2v) is 10.7. The van der Waals surface area contributed by atoms with Gasteiger partial charge in [0.1, 0.15) is 14.2 Å². The lowest BCUT2D eigenvalue weighted by Crippen LogP contribution is -2.36. The molecule has 0 atom stereocenters. The third kappa shape index (κ3) is 4.28. The number of rotatable bonds is 4. The summed E-state index contributed by atoms with van der Waals surface area (Å²) in [5.74, 6) is -2.83. The molecule has 1 aliphatic rings. The van der Waals surface area contributed by atoms with Gasteiger partial charge in [-0.1, -0.05) is 23.1 Å². The SMILES string of the molecule is CCn1c(=O)/c(=C2\Sc3c(ccc(F)c3F)N2C)s/c1=C\c1scc[n+]1Cc1ccc(C(F)(F)F)o1. The summed E-state index contributed by atoms with van der Waals surface area (Å²) in [6, 6.07) is 4.70. The Labute approximate surface area is 213 Å². The Morgan fingerprint density at radius 3 is 2.64 bits per heavy atom. The molecule has 1 aromatic carbocycles. The maximum Gasteiger partial charge on any atom is 0.449 e. The molecule has 0 saturated heterocycles. The molecule has 0 spiro atoms. The van der Waals surface area contributed by atoms with Crippen LogP contribution in [0.3, 0.4) is 0 Å². The van der Waals surface area contributed by atoms with Gasteiger partial charge in [-0.05, 0) is 31.2 Å². The molecule has 0 aliphatic carbocycles. The van der Waals surface area contributed by atoms with Crippen molar-refractivity contribution in [2.75, 3.05) is 11.9 Å². The monoisotopic (exact) mass is 558 g/mol. The molecule has 0 radical (unpaired) electrons. The molecule has 0 bridgehead atoms. The third-order valence-corrected chi connectivity index (χ3v) is 8.91. The average molecular weight is 559 g/mol. The van der Waals surface area contributed by atoms with E-state index in [0.717, 1.165) is 23.9 Å². The van der Waals surface area contributed by atoms with E-state index < -0.39 is 23.6 Å². The van der Waals surface area contributed by atoms with Crippen LogP contribution in [0.5, 0.6) is 0 Å². The van der Waals surface area contributed by atoms with E-state index in [1.54, 1.807) is 38.7 Å². The number of thioether (sulfide) groups is 1. The Bertz CT molecular complexity index is 1650. The lowest BCUT2D eigenvalue weighted by molar-refractivity contribution is -0.686. The van der Waals surface area contributed by atoms with Gasteiger partial charge in [0.05, 0.1) is 22.0 Å². The molecule has 0 saturated carbocycles. The number of aromatic nitrogens is 2. The maximum absolute atomic E-state index is 14.4. The molecular weight excluding hydrogens is 541 g/mol. The normalized spacial score (nSPS) is 15.8. The molecule has 5 nitrogen and oxygen atoms in total. The van der Waals surface area contributed by atoms with Crippen LogP contribution in [0.25, 0.3) is 11.1 Å². The van der Waals surface area contributed by atoms with Gasteiger partial charge in [-0.3, -0.25) is 9.36 Å². The molecule has 4 heterocycles. The van der Waals surface area contributed by atoms with Gasteiger partial charge in [0, 0.05) is 13.6 Å². The number of alkyl halides is 3. The standard InChI is InChI=1S/C23H17F5N3O2S3/c1-3-31-17(10-16-30(8-9-34-16)11-12-4-7-15(33-12)23(26,27)28)35-20(21(31)32)22-29(2)14-6-5-13(24)18(25)19(14)36-22/h4-10H,3,11H2,1-2H3/q+1/b22-20+. The predicted octanol–water partition coefficient (Wildman–Crippen LogP) is 4.35. The number of fused-ring (bicyclic) bond motifs is 1. The Morgan fingerprint density at radius 1 is 1.17 bits per heavy atom. The third-order valence-electron chi connectivity index (χ3n) is 5.54. The summed E-state index contributed by atoms with van der Waals surface area (Å²) in [7, 11) is 1.69. The minimum Gasteiger partial charge on any atom is -0.450 e. The fraction of sp³-hybridized carbons (Fsp3) is 0.217. The Hall–Kier alpha value is -2.90.